The van der Waals surface area contributed by atoms with Crippen LogP contribution in [0.25, 0.3) is 32.9 Å². The fourth-order valence-corrected chi connectivity index (χ4v) is 4.67. The molecule has 0 saturated heterocycles. The number of nitrogens with zero attached hydrogens (tertiary/aromatic N) is 5. The second-order valence-electron chi connectivity index (χ2n) is 6.51. The van der Waals surface area contributed by atoms with E-state index in [-0.39, 0.29) is 5.56 Å². The van der Waals surface area contributed by atoms with E-state index in [9.17, 15) is 4.79 Å². The van der Waals surface area contributed by atoms with Crippen molar-refractivity contribution in [3.8, 4) is 22.7 Å². The summed E-state index contributed by atoms with van der Waals surface area (Å²) in [7, 11) is 1.71. The van der Waals surface area contributed by atoms with Crippen molar-refractivity contribution in [2.24, 2.45) is 7.05 Å². The Morgan fingerprint density at radius 2 is 2.00 bits per heavy atom. The number of rotatable bonds is 5. The Kier molecular flexibility index (Phi) is 4.72. The van der Waals surface area contributed by atoms with Crippen LogP contribution in [0.5, 0.6) is 0 Å². The number of fused-ring (bicyclic) bond motifs is 1. The molecule has 4 aromatic heterocycles. The van der Waals surface area contributed by atoms with Gasteiger partial charge in [-0.3, -0.25) is 9.36 Å². The smallest absolute Gasteiger partial charge is 0.271 e. The topological polar surface area (TPSA) is 99.8 Å². The van der Waals surface area contributed by atoms with Gasteiger partial charge in [0.1, 0.15) is 21.7 Å². The molecule has 0 unspecified atom stereocenters. The molecule has 0 radical (unpaired) electrons. The van der Waals surface area contributed by atoms with Gasteiger partial charge in [0, 0.05) is 12.6 Å². The minimum absolute atomic E-state index is 0.0590. The minimum Gasteiger partial charge on any atom is -0.420 e. The molecule has 0 saturated carbocycles. The van der Waals surface area contributed by atoms with E-state index in [1.807, 2.05) is 48.7 Å². The number of hydrogen-bond donors (Lipinski definition) is 0. The second kappa shape index (κ2) is 7.54. The summed E-state index contributed by atoms with van der Waals surface area (Å²) in [5.41, 5.74) is 2.88. The number of thiophene rings is 1. The molecule has 0 spiro atoms. The van der Waals surface area contributed by atoms with Crippen molar-refractivity contribution in [1.82, 2.24) is 24.9 Å². The lowest BCUT2D eigenvalue weighted by molar-refractivity contribution is 0.399. The normalized spacial score (nSPS) is 11.4. The fourth-order valence-electron chi connectivity index (χ4n) is 3.05. The average molecular weight is 438 g/mol. The average Bonchev–Trinajstić information content (AvgIpc) is 3.50. The van der Waals surface area contributed by atoms with Crippen molar-refractivity contribution in [2.45, 2.75) is 17.8 Å². The molecule has 10 heteroatoms. The molecule has 150 valence electrons. The van der Waals surface area contributed by atoms with E-state index in [0.717, 1.165) is 5.56 Å². The van der Waals surface area contributed by atoms with Gasteiger partial charge in [-0.15, -0.1) is 21.5 Å². The molecule has 0 N–H and O–H groups in total. The Balaban J connectivity index is 1.42. The maximum absolute atomic E-state index is 12.4. The highest BCUT2D eigenvalue weighted by atomic mass is 32.2. The van der Waals surface area contributed by atoms with Gasteiger partial charge in [0.25, 0.3) is 11.4 Å². The van der Waals surface area contributed by atoms with Crippen molar-refractivity contribution in [3.05, 3.63) is 63.8 Å². The predicted molar refractivity (Wildman–Crippen MR) is 114 cm³/mol. The lowest BCUT2D eigenvalue weighted by Crippen LogP contribution is -2.18. The molecular weight excluding hydrogens is 422 g/mol. The molecule has 0 aliphatic heterocycles. The van der Waals surface area contributed by atoms with Crippen LogP contribution in [0.15, 0.2) is 60.7 Å². The van der Waals surface area contributed by atoms with Crippen LogP contribution < -0.4 is 5.56 Å². The molecule has 0 bridgehead atoms. The largest absolute Gasteiger partial charge is 0.420 e. The summed E-state index contributed by atoms with van der Waals surface area (Å²) < 4.78 is 13.4. The van der Waals surface area contributed by atoms with Crippen molar-refractivity contribution >= 4 is 33.3 Å². The van der Waals surface area contributed by atoms with Crippen LogP contribution in [0.4, 0.5) is 0 Å². The van der Waals surface area contributed by atoms with E-state index < -0.39 is 0 Å². The van der Waals surface area contributed by atoms with Crippen LogP contribution in [0.3, 0.4) is 0 Å². The molecule has 0 aliphatic rings. The number of aryl methyl sites for hydroxylation is 1. The lowest BCUT2D eigenvalue weighted by atomic mass is 10.1. The molecule has 8 nitrogen and oxygen atoms in total. The first kappa shape index (κ1) is 18.8. The zero-order valence-corrected chi connectivity index (χ0v) is 17.7. The molecule has 1 aromatic carbocycles. The van der Waals surface area contributed by atoms with Gasteiger partial charge in [-0.25, -0.2) is 4.98 Å². The van der Waals surface area contributed by atoms with Gasteiger partial charge in [0.2, 0.25) is 5.89 Å². The van der Waals surface area contributed by atoms with Crippen LogP contribution in [0.1, 0.15) is 11.7 Å². The number of hydrogen-bond acceptors (Lipinski definition) is 9. The van der Waals surface area contributed by atoms with E-state index in [1.54, 1.807) is 11.6 Å². The molecular formula is C20H15N5O3S2. The molecule has 5 rings (SSSR count). The number of thioether (sulfide) groups is 1. The van der Waals surface area contributed by atoms with Crippen molar-refractivity contribution in [1.29, 1.82) is 0 Å². The third kappa shape index (κ3) is 3.23. The van der Waals surface area contributed by atoms with Gasteiger partial charge in [0.15, 0.2) is 5.16 Å². The van der Waals surface area contributed by atoms with Gasteiger partial charge in [-0.2, -0.15) is 0 Å². The van der Waals surface area contributed by atoms with Gasteiger partial charge < -0.3 is 8.94 Å². The van der Waals surface area contributed by atoms with E-state index in [2.05, 4.69) is 20.3 Å². The van der Waals surface area contributed by atoms with Crippen molar-refractivity contribution in [2.75, 3.05) is 0 Å². The molecule has 0 aliphatic carbocycles. The molecule has 0 amide bonds. The highest BCUT2D eigenvalue weighted by molar-refractivity contribution is 7.98. The lowest BCUT2D eigenvalue weighted by Gasteiger charge is -2.05. The summed E-state index contributed by atoms with van der Waals surface area (Å²) in [5, 5.41) is 14.9. The molecule has 0 fully saturated rings. The fraction of sp³-hybridized carbons (Fsp3) is 0.150. The first-order valence-corrected chi connectivity index (χ1v) is 10.9. The standard InChI is InChI=1S/C20H15N5O3S2/c1-11-15(16(24-28-11)12-6-4-3-5-7-12)18-23-22-14(27-18)10-30-20-21-13-8-9-29-17(13)19(26)25(20)2/h3-9H,10H2,1-2H3. The van der Waals surface area contributed by atoms with Crippen LogP contribution in [-0.2, 0) is 12.8 Å². The van der Waals surface area contributed by atoms with Gasteiger partial charge in [-0.1, -0.05) is 47.3 Å². The van der Waals surface area contributed by atoms with Crippen LogP contribution in [0, 0.1) is 6.92 Å². The molecule has 4 heterocycles. The Morgan fingerprint density at radius 1 is 1.17 bits per heavy atom. The summed E-state index contributed by atoms with van der Waals surface area (Å²) in [6.07, 6.45) is 0. The molecule has 30 heavy (non-hydrogen) atoms. The quantitative estimate of drug-likeness (QED) is 0.296. The Bertz CT molecular complexity index is 1400. The van der Waals surface area contributed by atoms with Gasteiger partial charge in [-0.05, 0) is 18.4 Å². The van der Waals surface area contributed by atoms with Crippen LogP contribution in [0.2, 0.25) is 0 Å². The third-order valence-electron chi connectivity index (χ3n) is 4.56. The SMILES string of the molecule is Cc1onc(-c2ccccc2)c1-c1nnc(CSc2nc3ccsc3c(=O)n2C)o1. The Hall–Kier alpha value is -3.24. The summed E-state index contributed by atoms with van der Waals surface area (Å²) >= 11 is 2.76. The zero-order valence-electron chi connectivity index (χ0n) is 16.0. The second-order valence-corrected chi connectivity index (χ2v) is 8.37. The summed E-state index contributed by atoms with van der Waals surface area (Å²) in [4.78, 5) is 17.0. The number of aromatic nitrogens is 5. The zero-order chi connectivity index (χ0) is 20.7. The van der Waals surface area contributed by atoms with E-state index >= 15 is 0 Å². The van der Waals surface area contributed by atoms with Crippen molar-refractivity contribution < 1.29 is 8.94 Å². The predicted octanol–water partition coefficient (Wildman–Crippen LogP) is 4.30. The summed E-state index contributed by atoms with van der Waals surface area (Å²) in [6, 6.07) is 11.5. The van der Waals surface area contributed by atoms with E-state index in [1.165, 1.54) is 23.1 Å². The van der Waals surface area contributed by atoms with Gasteiger partial charge in [0.05, 0.1) is 11.3 Å². The van der Waals surface area contributed by atoms with Crippen molar-refractivity contribution in [3.63, 3.8) is 0 Å². The van der Waals surface area contributed by atoms with E-state index in [0.29, 0.717) is 49.9 Å². The van der Waals surface area contributed by atoms with Crippen LogP contribution in [-0.4, -0.2) is 24.9 Å². The summed E-state index contributed by atoms with van der Waals surface area (Å²) in [5.74, 6) is 1.75. The first-order valence-electron chi connectivity index (χ1n) is 9.03. The highest BCUT2D eigenvalue weighted by Gasteiger charge is 2.22. The minimum atomic E-state index is -0.0590. The maximum Gasteiger partial charge on any atom is 0.271 e. The van der Waals surface area contributed by atoms with E-state index in [4.69, 9.17) is 8.94 Å². The monoisotopic (exact) mass is 437 g/mol. The highest BCUT2D eigenvalue weighted by Crippen LogP contribution is 2.34. The Labute approximate surface area is 178 Å². The number of benzene rings is 1. The Morgan fingerprint density at radius 3 is 2.83 bits per heavy atom. The van der Waals surface area contributed by atoms with Crippen LogP contribution >= 0.6 is 23.1 Å². The maximum atomic E-state index is 12.4. The van der Waals surface area contributed by atoms with Gasteiger partial charge >= 0.3 is 0 Å². The third-order valence-corrected chi connectivity index (χ3v) is 6.47. The first-order chi connectivity index (χ1) is 14.6. The summed E-state index contributed by atoms with van der Waals surface area (Å²) in [6.45, 7) is 1.81. The molecule has 0 atom stereocenters. The molecule has 5 aromatic rings.